The molecule has 0 spiro atoms. The molecule has 6 nitrogen and oxygen atoms in total. The second-order valence-corrected chi connectivity index (χ2v) is 17.1. The zero-order chi connectivity index (χ0) is 44.0. The van der Waals surface area contributed by atoms with Crippen molar-refractivity contribution >= 4 is 76.3 Å². The van der Waals surface area contributed by atoms with Crippen LogP contribution >= 0.6 is 0 Å². The fourth-order valence-electron chi connectivity index (χ4n) is 10.3. The molecule has 0 atom stereocenters. The van der Waals surface area contributed by atoms with Crippen molar-refractivity contribution in [3.8, 4) is 56.7 Å². The molecular weight excluding hydrogens is 819 g/mol. The smallest absolute Gasteiger partial charge is 0.164 e. The fourth-order valence-corrected chi connectivity index (χ4v) is 10.3. The predicted molar refractivity (Wildman–Crippen MR) is 275 cm³/mol. The van der Waals surface area contributed by atoms with Crippen LogP contribution in [0, 0.1) is 0 Å². The van der Waals surface area contributed by atoms with Crippen LogP contribution in [0.25, 0.3) is 133 Å². The molecule has 4 aromatic heterocycles. The number of hydrogen-bond acceptors (Lipinski definition) is 4. The van der Waals surface area contributed by atoms with Crippen molar-refractivity contribution in [2.24, 2.45) is 0 Å². The van der Waals surface area contributed by atoms with Gasteiger partial charge in [-0.05, 0) is 82.6 Å². The van der Waals surface area contributed by atoms with Gasteiger partial charge in [0.1, 0.15) is 5.58 Å². The van der Waals surface area contributed by atoms with Gasteiger partial charge in [-0.25, -0.2) is 15.0 Å². The van der Waals surface area contributed by atoms with E-state index in [1.807, 2.05) is 18.2 Å². The summed E-state index contributed by atoms with van der Waals surface area (Å²) in [6.07, 6.45) is 0. The van der Waals surface area contributed by atoms with Gasteiger partial charge >= 0.3 is 0 Å². The molecule has 0 N–H and O–H groups in total. The molecule has 0 bridgehead atoms. The Hall–Kier alpha value is -9.13. The standard InChI is InChI=1S/C61H37N5O/c1-3-16-38(17-4-1)39-30-32-40(33-31-39)59-62-60(47-25-15-28-52-56(47)45-23-10-13-27-51(45)65(52)43-20-5-2-6-21-43)64-61(63-59)48-34-35-53(58-57(48)46-24-11-14-29-55(46)67-58)66-50-26-12-9-22-44(50)49-36-41-18-7-8-19-42(41)37-54(49)66/h1-37H. The Bertz CT molecular complexity index is 4260. The fraction of sp³-hybridized carbons (Fsp3) is 0. The molecule has 312 valence electrons. The average Bonchev–Trinajstić information content (AvgIpc) is 4.06. The molecule has 67 heavy (non-hydrogen) atoms. The van der Waals surface area contributed by atoms with Crippen molar-refractivity contribution < 1.29 is 4.42 Å². The molecular formula is C61H37N5O. The Labute approximate surface area is 384 Å². The van der Waals surface area contributed by atoms with Crippen LogP contribution in [-0.4, -0.2) is 24.1 Å². The summed E-state index contributed by atoms with van der Waals surface area (Å²) in [5, 5.41) is 8.90. The molecule has 0 saturated heterocycles. The molecule has 6 heteroatoms. The second-order valence-electron chi connectivity index (χ2n) is 17.1. The molecule has 0 amide bonds. The Morgan fingerprint density at radius 2 is 0.896 bits per heavy atom. The summed E-state index contributed by atoms with van der Waals surface area (Å²) < 4.78 is 11.7. The Morgan fingerprint density at radius 1 is 0.328 bits per heavy atom. The van der Waals surface area contributed by atoms with Crippen LogP contribution in [0.5, 0.6) is 0 Å². The molecule has 0 aliphatic heterocycles. The number of fused-ring (bicyclic) bond motifs is 10. The third kappa shape index (κ3) is 5.80. The van der Waals surface area contributed by atoms with Gasteiger partial charge in [-0.1, -0.05) is 164 Å². The highest BCUT2D eigenvalue weighted by molar-refractivity contribution is 6.18. The van der Waals surface area contributed by atoms with Crippen molar-refractivity contribution in [2.75, 3.05) is 0 Å². The van der Waals surface area contributed by atoms with E-state index in [-0.39, 0.29) is 0 Å². The Balaban J connectivity index is 1.04. The van der Waals surface area contributed by atoms with Gasteiger partial charge in [0.05, 0.1) is 27.8 Å². The first-order valence-electron chi connectivity index (χ1n) is 22.6. The summed E-state index contributed by atoms with van der Waals surface area (Å²) >= 11 is 0. The first kappa shape index (κ1) is 37.3. The SMILES string of the molecule is c1ccc(-c2ccc(-c3nc(-c4ccc(-n5c6ccccc6c6cc7ccccc7cc65)c5oc6ccccc6c45)nc(-c4cccc5c4c4ccccc4n5-c4ccccc4)n3)cc2)cc1. The van der Waals surface area contributed by atoms with Crippen molar-refractivity contribution in [1.29, 1.82) is 0 Å². The van der Waals surface area contributed by atoms with Gasteiger partial charge in [-0.2, -0.15) is 0 Å². The third-order valence-electron chi connectivity index (χ3n) is 13.4. The van der Waals surface area contributed by atoms with E-state index in [0.29, 0.717) is 17.5 Å². The molecule has 0 radical (unpaired) electrons. The molecule has 0 unspecified atom stereocenters. The van der Waals surface area contributed by atoms with E-state index >= 15 is 0 Å². The summed E-state index contributed by atoms with van der Waals surface area (Å²) in [7, 11) is 0. The van der Waals surface area contributed by atoms with Crippen LogP contribution in [0.3, 0.4) is 0 Å². The summed E-state index contributed by atoms with van der Waals surface area (Å²) in [6, 6.07) is 79.0. The van der Waals surface area contributed by atoms with E-state index < -0.39 is 0 Å². The first-order valence-corrected chi connectivity index (χ1v) is 22.6. The van der Waals surface area contributed by atoms with E-state index in [4.69, 9.17) is 19.4 Å². The zero-order valence-electron chi connectivity index (χ0n) is 36.0. The maximum Gasteiger partial charge on any atom is 0.164 e. The number of para-hydroxylation sites is 4. The Kier molecular flexibility index (Phi) is 8.18. The topological polar surface area (TPSA) is 61.7 Å². The molecule has 14 rings (SSSR count). The molecule has 0 saturated carbocycles. The molecule has 10 aromatic carbocycles. The van der Waals surface area contributed by atoms with Crippen molar-refractivity contribution in [3.05, 3.63) is 224 Å². The van der Waals surface area contributed by atoms with Crippen LogP contribution in [0.4, 0.5) is 0 Å². The number of rotatable bonds is 6. The summed E-state index contributed by atoms with van der Waals surface area (Å²) in [5.74, 6) is 1.74. The van der Waals surface area contributed by atoms with E-state index in [1.165, 1.54) is 21.5 Å². The predicted octanol–water partition coefficient (Wildman–Crippen LogP) is 15.8. The molecule has 4 heterocycles. The highest BCUT2D eigenvalue weighted by Gasteiger charge is 2.24. The number of hydrogen-bond donors (Lipinski definition) is 0. The number of benzene rings is 10. The summed E-state index contributed by atoms with van der Waals surface area (Å²) in [6.45, 7) is 0. The quantitative estimate of drug-likeness (QED) is 0.167. The van der Waals surface area contributed by atoms with Gasteiger partial charge in [0.15, 0.2) is 23.1 Å². The third-order valence-corrected chi connectivity index (χ3v) is 13.4. The van der Waals surface area contributed by atoms with Gasteiger partial charge in [0.2, 0.25) is 0 Å². The normalized spacial score (nSPS) is 11.9. The van der Waals surface area contributed by atoms with Gasteiger partial charge in [0, 0.05) is 54.7 Å². The minimum absolute atomic E-state index is 0.562. The monoisotopic (exact) mass is 855 g/mol. The van der Waals surface area contributed by atoms with E-state index in [1.54, 1.807) is 0 Å². The van der Waals surface area contributed by atoms with Crippen molar-refractivity contribution in [1.82, 2.24) is 24.1 Å². The van der Waals surface area contributed by atoms with Crippen LogP contribution < -0.4 is 0 Å². The second kappa shape index (κ2) is 14.7. The van der Waals surface area contributed by atoms with Gasteiger partial charge in [-0.3, -0.25) is 0 Å². The van der Waals surface area contributed by atoms with Crippen molar-refractivity contribution in [2.45, 2.75) is 0 Å². The van der Waals surface area contributed by atoms with E-state index in [9.17, 15) is 0 Å². The maximum atomic E-state index is 7.00. The lowest BCUT2D eigenvalue weighted by Gasteiger charge is -2.13. The van der Waals surface area contributed by atoms with E-state index in [2.05, 4.69) is 215 Å². The van der Waals surface area contributed by atoms with Crippen LogP contribution in [-0.2, 0) is 0 Å². The lowest BCUT2D eigenvalue weighted by Crippen LogP contribution is -2.02. The molecule has 0 aliphatic rings. The van der Waals surface area contributed by atoms with Gasteiger partial charge in [0.25, 0.3) is 0 Å². The van der Waals surface area contributed by atoms with Crippen LogP contribution in [0.1, 0.15) is 0 Å². The highest BCUT2D eigenvalue weighted by atomic mass is 16.3. The molecule has 0 aliphatic carbocycles. The number of nitrogens with zero attached hydrogens (tertiary/aromatic N) is 5. The van der Waals surface area contributed by atoms with Crippen molar-refractivity contribution in [3.63, 3.8) is 0 Å². The lowest BCUT2D eigenvalue weighted by atomic mass is 10.0. The first-order chi connectivity index (χ1) is 33.2. The lowest BCUT2D eigenvalue weighted by molar-refractivity contribution is 0.666. The summed E-state index contributed by atoms with van der Waals surface area (Å²) in [4.78, 5) is 16.2. The zero-order valence-corrected chi connectivity index (χ0v) is 36.0. The Morgan fingerprint density at radius 3 is 1.67 bits per heavy atom. The summed E-state index contributed by atoms with van der Waals surface area (Å²) in [5.41, 5.74) is 13.0. The van der Waals surface area contributed by atoms with Gasteiger partial charge in [-0.15, -0.1) is 0 Å². The minimum atomic E-state index is 0.562. The largest absolute Gasteiger partial charge is 0.454 e. The average molecular weight is 856 g/mol. The minimum Gasteiger partial charge on any atom is -0.454 e. The van der Waals surface area contributed by atoms with E-state index in [0.717, 1.165) is 94.0 Å². The van der Waals surface area contributed by atoms with Gasteiger partial charge < -0.3 is 13.6 Å². The van der Waals surface area contributed by atoms with Crippen LogP contribution in [0.15, 0.2) is 229 Å². The highest BCUT2D eigenvalue weighted by Crippen LogP contribution is 2.44. The number of aromatic nitrogens is 5. The molecule has 0 fully saturated rings. The number of furan rings is 1. The maximum absolute atomic E-state index is 7.00. The van der Waals surface area contributed by atoms with Crippen LogP contribution in [0.2, 0.25) is 0 Å². The molecule has 14 aromatic rings.